The van der Waals surface area contributed by atoms with E-state index in [-0.39, 0.29) is 29.5 Å². The molecule has 0 saturated carbocycles. The Labute approximate surface area is 129 Å². The van der Waals surface area contributed by atoms with Crippen LogP contribution in [0.5, 0.6) is 0 Å². The smallest absolute Gasteiger partial charge is 0.321 e. The first-order valence-electron chi connectivity index (χ1n) is 6.89. The zero-order valence-electron chi connectivity index (χ0n) is 12.5. The Morgan fingerprint density at radius 2 is 1.68 bits per heavy atom. The fourth-order valence-corrected chi connectivity index (χ4v) is 4.07. The summed E-state index contributed by atoms with van der Waals surface area (Å²) in [7, 11) is -1.44. The molecule has 1 aromatic carbocycles. The maximum absolute atomic E-state index is 12.1. The fraction of sp³-hybridized carbons (Fsp3) is 0.429. The maximum atomic E-state index is 12.1. The number of hydrogen-bond donors (Lipinski definition) is 2. The molecule has 1 atom stereocenters. The van der Waals surface area contributed by atoms with Crippen molar-refractivity contribution in [2.24, 2.45) is 0 Å². The molecule has 7 nitrogen and oxygen atoms in total. The van der Waals surface area contributed by atoms with Gasteiger partial charge >= 0.3 is 6.03 Å². The normalized spacial score (nSPS) is 19.5. The number of hydrogen-bond acceptors (Lipinski definition) is 4. The van der Waals surface area contributed by atoms with E-state index in [0.29, 0.717) is 17.8 Å². The molecule has 1 aliphatic rings. The number of benzene rings is 1. The molecule has 120 valence electrons. The molecule has 2 rings (SSSR count). The number of nitrogens with zero attached hydrogens (tertiary/aromatic N) is 1. The van der Waals surface area contributed by atoms with Crippen molar-refractivity contribution in [1.82, 2.24) is 4.90 Å². The zero-order valence-corrected chi connectivity index (χ0v) is 13.3. The molecule has 0 bridgehead atoms. The van der Waals surface area contributed by atoms with Crippen LogP contribution >= 0.6 is 0 Å². The first-order valence-corrected chi connectivity index (χ1v) is 8.71. The van der Waals surface area contributed by atoms with Gasteiger partial charge in [-0.05, 0) is 30.7 Å². The van der Waals surface area contributed by atoms with E-state index < -0.39 is 9.84 Å². The lowest BCUT2D eigenvalue weighted by molar-refractivity contribution is -0.114. The van der Waals surface area contributed by atoms with Gasteiger partial charge in [0.1, 0.15) is 0 Å². The minimum atomic E-state index is -3.03. The lowest BCUT2D eigenvalue weighted by atomic mass is 10.2. The summed E-state index contributed by atoms with van der Waals surface area (Å²) in [6.07, 6.45) is 0.466. The summed E-state index contributed by atoms with van der Waals surface area (Å²) in [4.78, 5) is 24.5. The molecule has 0 radical (unpaired) electrons. The molecule has 1 saturated heterocycles. The number of urea groups is 1. The molecule has 1 heterocycles. The number of amides is 3. The first kappa shape index (κ1) is 16.3. The van der Waals surface area contributed by atoms with Crippen LogP contribution in [0.3, 0.4) is 0 Å². The highest BCUT2D eigenvalue weighted by molar-refractivity contribution is 7.91. The van der Waals surface area contributed by atoms with E-state index in [0.717, 1.165) is 0 Å². The molecule has 0 aromatic heterocycles. The molecule has 2 N–H and O–H groups in total. The van der Waals surface area contributed by atoms with Crippen molar-refractivity contribution in [3.8, 4) is 0 Å². The Balaban J connectivity index is 1.95. The van der Waals surface area contributed by atoms with Gasteiger partial charge < -0.3 is 15.5 Å². The van der Waals surface area contributed by atoms with Crippen LogP contribution < -0.4 is 10.6 Å². The lowest BCUT2D eigenvalue weighted by Crippen LogP contribution is -2.40. The third kappa shape index (κ3) is 4.20. The van der Waals surface area contributed by atoms with Gasteiger partial charge in [0.05, 0.1) is 11.5 Å². The SMILES string of the molecule is CC(=O)Nc1ccc(NC(=O)N(C)C2CCS(=O)(=O)C2)cc1. The Kier molecular flexibility index (Phi) is 4.70. The number of anilines is 2. The second-order valence-corrected chi connectivity index (χ2v) is 7.59. The van der Waals surface area contributed by atoms with Crippen molar-refractivity contribution in [1.29, 1.82) is 0 Å². The number of carbonyl (C=O) groups excluding carboxylic acids is 2. The van der Waals surface area contributed by atoms with Gasteiger partial charge in [-0.25, -0.2) is 13.2 Å². The van der Waals surface area contributed by atoms with E-state index in [4.69, 9.17) is 0 Å². The highest BCUT2D eigenvalue weighted by Gasteiger charge is 2.32. The highest BCUT2D eigenvalue weighted by atomic mass is 32.2. The summed E-state index contributed by atoms with van der Waals surface area (Å²) >= 11 is 0. The summed E-state index contributed by atoms with van der Waals surface area (Å²) in [6.45, 7) is 1.42. The van der Waals surface area contributed by atoms with Crippen molar-refractivity contribution < 1.29 is 18.0 Å². The average Bonchev–Trinajstić information content (AvgIpc) is 2.80. The molecular formula is C14H19N3O4S. The van der Waals surface area contributed by atoms with Crippen LogP contribution in [0.4, 0.5) is 16.2 Å². The Bertz CT molecular complexity index is 670. The molecule has 22 heavy (non-hydrogen) atoms. The van der Waals surface area contributed by atoms with Gasteiger partial charge in [-0.15, -0.1) is 0 Å². The predicted molar refractivity (Wildman–Crippen MR) is 84.6 cm³/mol. The van der Waals surface area contributed by atoms with Crippen molar-refractivity contribution in [2.45, 2.75) is 19.4 Å². The average molecular weight is 325 g/mol. The highest BCUT2D eigenvalue weighted by Crippen LogP contribution is 2.18. The third-order valence-corrected chi connectivity index (χ3v) is 5.28. The zero-order chi connectivity index (χ0) is 16.3. The minimum absolute atomic E-state index is 0.0123. The fourth-order valence-electron chi connectivity index (χ4n) is 2.30. The summed E-state index contributed by atoms with van der Waals surface area (Å²) in [5, 5.41) is 5.34. The summed E-state index contributed by atoms with van der Waals surface area (Å²) in [6, 6.07) is 6.05. The van der Waals surface area contributed by atoms with Gasteiger partial charge in [-0.1, -0.05) is 0 Å². The van der Waals surface area contributed by atoms with E-state index in [2.05, 4.69) is 10.6 Å². The predicted octanol–water partition coefficient (Wildman–Crippen LogP) is 1.30. The largest absolute Gasteiger partial charge is 0.326 e. The maximum Gasteiger partial charge on any atom is 0.321 e. The molecule has 3 amide bonds. The van der Waals surface area contributed by atoms with Crippen LogP contribution in [0, 0.1) is 0 Å². The summed E-state index contributed by atoms with van der Waals surface area (Å²) in [5.74, 6) is -0.0296. The van der Waals surface area contributed by atoms with Crippen LogP contribution in [-0.4, -0.2) is 49.9 Å². The summed E-state index contributed by atoms with van der Waals surface area (Å²) in [5.41, 5.74) is 1.22. The van der Waals surface area contributed by atoms with Gasteiger partial charge in [0.2, 0.25) is 5.91 Å². The molecule has 1 fully saturated rings. The molecule has 0 aliphatic carbocycles. The van der Waals surface area contributed by atoms with Crippen molar-refractivity contribution in [2.75, 3.05) is 29.2 Å². The van der Waals surface area contributed by atoms with Gasteiger partial charge in [0, 0.05) is 31.4 Å². The van der Waals surface area contributed by atoms with Gasteiger partial charge in [0.25, 0.3) is 0 Å². The lowest BCUT2D eigenvalue weighted by Gasteiger charge is -2.23. The van der Waals surface area contributed by atoms with E-state index in [1.165, 1.54) is 11.8 Å². The number of sulfone groups is 1. The van der Waals surface area contributed by atoms with Crippen molar-refractivity contribution in [3.63, 3.8) is 0 Å². The standard InChI is InChI=1S/C14H19N3O4S/c1-10(18)15-11-3-5-12(6-4-11)16-14(19)17(2)13-7-8-22(20,21)9-13/h3-6,13H,7-9H2,1-2H3,(H,15,18)(H,16,19). The Hall–Kier alpha value is -2.09. The van der Waals surface area contributed by atoms with Crippen LogP contribution in [0.1, 0.15) is 13.3 Å². The molecule has 8 heteroatoms. The minimum Gasteiger partial charge on any atom is -0.326 e. The quantitative estimate of drug-likeness (QED) is 0.875. The van der Waals surface area contributed by atoms with Crippen molar-refractivity contribution in [3.05, 3.63) is 24.3 Å². The second kappa shape index (κ2) is 6.35. The Morgan fingerprint density at radius 3 is 2.14 bits per heavy atom. The van der Waals surface area contributed by atoms with E-state index in [1.54, 1.807) is 31.3 Å². The topological polar surface area (TPSA) is 95.6 Å². The first-order chi connectivity index (χ1) is 10.3. The van der Waals surface area contributed by atoms with Crippen LogP contribution in [0.25, 0.3) is 0 Å². The van der Waals surface area contributed by atoms with Gasteiger partial charge in [-0.3, -0.25) is 4.79 Å². The number of carbonyl (C=O) groups is 2. The van der Waals surface area contributed by atoms with Crippen LogP contribution in [0.2, 0.25) is 0 Å². The molecular weight excluding hydrogens is 306 g/mol. The van der Waals surface area contributed by atoms with Crippen LogP contribution in [0.15, 0.2) is 24.3 Å². The molecule has 1 aliphatic heterocycles. The summed E-state index contributed by atoms with van der Waals surface area (Å²) < 4.78 is 22.9. The van der Waals surface area contributed by atoms with Crippen LogP contribution in [-0.2, 0) is 14.6 Å². The van der Waals surface area contributed by atoms with E-state index in [9.17, 15) is 18.0 Å². The third-order valence-electron chi connectivity index (χ3n) is 3.53. The number of nitrogens with one attached hydrogen (secondary N) is 2. The van der Waals surface area contributed by atoms with E-state index in [1.807, 2.05) is 0 Å². The Morgan fingerprint density at radius 1 is 1.14 bits per heavy atom. The van der Waals surface area contributed by atoms with E-state index >= 15 is 0 Å². The van der Waals surface area contributed by atoms with Gasteiger partial charge in [0.15, 0.2) is 9.84 Å². The second-order valence-electron chi connectivity index (χ2n) is 5.36. The van der Waals surface area contributed by atoms with Gasteiger partial charge in [-0.2, -0.15) is 0 Å². The molecule has 1 unspecified atom stereocenters. The molecule has 1 aromatic rings. The van der Waals surface area contributed by atoms with Crippen molar-refractivity contribution >= 4 is 33.2 Å². The monoisotopic (exact) mass is 325 g/mol. The number of rotatable bonds is 3. The molecule has 0 spiro atoms.